The van der Waals surface area contributed by atoms with Crippen LogP contribution in [0, 0.1) is 11.8 Å². The van der Waals surface area contributed by atoms with E-state index in [0.29, 0.717) is 31.5 Å². The van der Waals surface area contributed by atoms with Crippen LogP contribution >= 0.6 is 0 Å². The number of aliphatic hydroxyl groups is 1. The molecule has 3 aliphatic heterocycles. The average Bonchev–Trinajstić information content (AvgIpc) is 3.44. The van der Waals surface area contributed by atoms with Crippen LogP contribution in [0.2, 0.25) is 0 Å². The van der Waals surface area contributed by atoms with E-state index in [2.05, 4.69) is 10.6 Å². The maximum absolute atomic E-state index is 13.9. The quantitative estimate of drug-likeness (QED) is 0.466. The highest BCUT2D eigenvalue weighted by molar-refractivity contribution is 6.04. The van der Waals surface area contributed by atoms with Crippen LogP contribution in [0.4, 0.5) is 5.69 Å². The fourth-order valence-electron chi connectivity index (χ4n) is 6.75. The van der Waals surface area contributed by atoms with Crippen molar-refractivity contribution in [1.82, 2.24) is 10.2 Å². The topological polar surface area (TPSA) is 108 Å². The zero-order chi connectivity index (χ0) is 25.5. The highest BCUT2D eigenvalue weighted by Gasteiger charge is 2.77. The number of anilines is 1. The predicted octanol–water partition coefficient (Wildman–Crippen LogP) is 2.84. The Morgan fingerprint density at radius 1 is 1.06 bits per heavy atom. The van der Waals surface area contributed by atoms with Crippen molar-refractivity contribution >= 4 is 34.2 Å². The number of fused-ring (bicyclic) bond motifs is 2. The normalized spacial score (nSPS) is 30.6. The molecule has 2 bridgehead atoms. The van der Waals surface area contributed by atoms with Crippen LogP contribution in [0.25, 0.3) is 10.8 Å². The van der Waals surface area contributed by atoms with Gasteiger partial charge in [0, 0.05) is 25.9 Å². The fraction of sp³-hybridized carbons (Fsp3) is 0.536. The standard InChI is InChI=1S/C28H35N3O5/c1-27-13-14-28(36-27)22(21(27)24(33)29-2)26(35)31(15-7-3-4-8-16-32)23(28)25(34)30-20-12-11-18-9-5-6-10-19(18)17-20/h5-6,9-12,17,21-23,32H,3-4,7-8,13-16H2,1-2H3,(H,29,33)(H,30,34)/t21-,22+,23?,27+,28?/m1/s1. The number of hydrogen-bond donors (Lipinski definition) is 3. The highest BCUT2D eigenvalue weighted by Crippen LogP contribution is 2.63. The van der Waals surface area contributed by atoms with Crippen molar-refractivity contribution in [2.45, 2.75) is 62.7 Å². The van der Waals surface area contributed by atoms with Gasteiger partial charge in [-0.05, 0) is 55.5 Å². The van der Waals surface area contributed by atoms with Gasteiger partial charge in [0.2, 0.25) is 17.7 Å². The van der Waals surface area contributed by atoms with Crippen molar-refractivity contribution in [2.75, 3.05) is 25.5 Å². The molecule has 3 amide bonds. The Bertz CT molecular complexity index is 1180. The minimum Gasteiger partial charge on any atom is -0.396 e. The molecule has 3 heterocycles. The third-order valence-corrected chi connectivity index (χ3v) is 8.38. The molecule has 3 aliphatic rings. The largest absolute Gasteiger partial charge is 0.396 e. The van der Waals surface area contributed by atoms with Gasteiger partial charge in [0.25, 0.3) is 0 Å². The molecule has 36 heavy (non-hydrogen) atoms. The van der Waals surface area contributed by atoms with Gasteiger partial charge < -0.3 is 25.4 Å². The van der Waals surface area contributed by atoms with E-state index in [1.54, 1.807) is 11.9 Å². The van der Waals surface area contributed by atoms with Gasteiger partial charge in [-0.3, -0.25) is 14.4 Å². The first-order valence-electron chi connectivity index (χ1n) is 13.0. The van der Waals surface area contributed by atoms with Crippen LogP contribution in [0.15, 0.2) is 42.5 Å². The van der Waals surface area contributed by atoms with Gasteiger partial charge in [-0.15, -0.1) is 0 Å². The molecule has 3 saturated heterocycles. The van der Waals surface area contributed by atoms with Crippen molar-refractivity contribution in [2.24, 2.45) is 11.8 Å². The molecule has 192 valence electrons. The first kappa shape index (κ1) is 24.7. The lowest BCUT2D eigenvalue weighted by Crippen LogP contribution is -2.53. The number of nitrogens with zero attached hydrogens (tertiary/aromatic N) is 1. The molecule has 5 rings (SSSR count). The lowest BCUT2D eigenvalue weighted by atomic mass is 9.66. The van der Waals surface area contributed by atoms with Gasteiger partial charge in [0.05, 0.1) is 17.4 Å². The minimum absolute atomic E-state index is 0.144. The monoisotopic (exact) mass is 493 g/mol. The lowest BCUT2D eigenvalue weighted by Gasteiger charge is -2.33. The molecule has 2 unspecified atom stereocenters. The summed E-state index contributed by atoms with van der Waals surface area (Å²) in [6.45, 7) is 2.45. The van der Waals surface area contributed by atoms with Gasteiger partial charge in [-0.2, -0.15) is 0 Å². The summed E-state index contributed by atoms with van der Waals surface area (Å²) < 4.78 is 6.58. The molecule has 8 nitrogen and oxygen atoms in total. The molecule has 2 aromatic carbocycles. The number of ether oxygens (including phenoxy) is 1. The van der Waals surface area contributed by atoms with Crippen LogP contribution in [-0.2, 0) is 19.1 Å². The van der Waals surface area contributed by atoms with Crippen molar-refractivity contribution in [3.8, 4) is 0 Å². The fourth-order valence-corrected chi connectivity index (χ4v) is 6.75. The number of rotatable bonds is 9. The number of carbonyl (C=O) groups excluding carboxylic acids is 3. The van der Waals surface area contributed by atoms with E-state index in [0.717, 1.165) is 30.0 Å². The number of unbranched alkanes of at least 4 members (excludes halogenated alkanes) is 3. The average molecular weight is 494 g/mol. The van der Waals surface area contributed by atoms with E-state index < -0.39 is 29.1 Å². The Balaban J connectivity index is 1.46. The van der Waals surface area contributed by atoms with Crippen LogP contribution in [0.5, 0.6) is 0 Å². The van der Waals surface area contributed by atoms with Gasteiger partial charge in [-0.1, -0.05) is 43.2 Å². The van der Waals surface area contributed by atoms with Crippen LogP contribution in [-0.4, -0.2) is 65.2 Å². The molecule has 0 aliphatic carbocycles. The number of hydrogen-bond acceptors (Lipinski definition) is 5. The second kappa shape index (κ2) is 9.48. The summed E-state index contributed by atoms with van der Waals surface area (Å²) in [4.78, 5) is 42.3. The van der Waals surface area contributed by atoms with E-state index >= 15 is 0 Å². The summed E-state index contributed by atoms with van der Waals surface area (Å²) in [7, 11) is 1.58. The Hall–Kier alpha value is -2.97. The van der Waals surface area contributed by atoms with E-state index in [1.165, 1.54) is 0 Å². The first-order chi connectivity index (χ1) is 17.3. The van der Waals surface area contributed by atoms with E-state index in [9.17, 15) is 14.4 Å². The smallest absolute Gasteiger partial charge is 0.250 e. The molecule has 0 radical (unpaired) electrons. The molecule has 5 atom stereocenters. The molecule has 0 saturated carbocycles. The number of amides is 3. The Kier molecular flexibility index (Phi) is 6.51. The summed E-state index contributed by atoms with van der Waals surface area (Å²) in [5.74, 6) is -1.97. The second-order valence-electron chi connectivity index (χ2n) is 10.6. The van der Waals surface area contributed by atoms with Crippen molar-refractivity contribution in [3.05, 3.63) is 42.5 Å². The van der Waals surface area contributed by atoms with Crippen molar-refractivity contribution in [1.29, 1.82) is 0 Å². The van der Waals surface area contributed by atoms with E-state index in [4.69, 9.17) is 9.84 Å². The molecular weight excluding hydrogens is 458 g/mol. The molecule has 8 heteroatoms. The summed E-state index contributed by atoms with van der Waals surface area (Å²) in [6.07, 6.45) is 4.32. The summed E-state index contributed by atoms with van der Waals surface area (Å²) in [5, 5.41) is 16.9. The van der Waals surface area contributed by atoms with Crippen molar-refractivity contribution in [3.63, 3.8) is 0 Å². The third-order valence-electron chi connectivity index (χ3n) is 8.38. The zero-order valence-corrected chi connectivity index (χ0v) is 21.0. The molecular formula is C28H35N3O5. The van der Waals surface area contributed by atoms with Gasteiger partial charge in [0.15, 0.2) is 0 Å². The number of aliphatic hydroxyl groups excluding tert-OH is 1. The molecule has 2 aromatic rings. The Morgan fingerprint density at radius 2 is 1.81 bits per heavy atom. The highest BCUT2D eigenvalue weighted by atomic mass is 16.5. The number of benzene rings is 2. The van der Waals surface area contributed by atoms with Crippen LogP contribution in [0.3, 0.4) is 0 Å². The summed E-state index contributed by atoms with van der Waals surface area (Å²) >= 11 is 0. The number of likely N-dealkylation sites (tertiary alicyclic amines) is 1. The lowest BCUT2D eigenvalue weighted by molar-refractivity contribution is -0.144. The minimum atomic E-state index is -1.02. The SMILES string of the molecule is CNC(=O)[C@H]1[C@H]2C(=O)N(CCCCCCO)C(C(=O)Nc3ccc4ccccc4c3)C23CC[C@]1(C)O3. The van der Waals surface area contributed by atoms with Gasteiger partial charge in [0.1, 0.15) is 11.6 Å². The second-order valence-corrected chi connectivity index (χ2v) is 10.6. The van der Waals surface area contributed by atoms with E-state index in [-0.39, 0.29) is 24.3 Å². The molecule has 3 N–H and O–H groups in total. The predicted molar refractivity (Wildman–Crippen MR) is 136 cm³/mol. The first-order valence-corrected chi connectivity index (χ1v) is 13.0. The maximum Gasteiger partial charge on any atom is 0.250 e. The summed E-state index contributed by atoms with van der Waals surface area (Å²) in [6, 6.07) is 12.9. The Labute approximate surface area is 211 Å². The van der Waals surface area contributed by atoms with Gasteiger partial charge >= 0.3 is 0 Å². The van der Waals surface area contributed by atoms with E-state index in [1.807, 2.05) is 49.4 Å². The zero-order valence-electron chi connectivity index (χ0n) is 21.0. The molecule has 0 aromatic heterocycles. The van der Waals surface area contributed by atoms with Crippen LogP contribution < -0.4 is 10.6 Å². The summed E-state index contributed by atoms with van der Waals surface area (Å²) in [5.41, 5.74) is -1.13. The van der Waals surface area contributed by atoms with Crippen molar-refractivity contribution < 1.29 is 24.2 Å². The maximum atomic E-state index is 13.9. The molecule has 1 spiro atoms. The Morgan fingerprint density at radius 3 is 2.56 bits per heavy atom. The van der Waals surface area contributed by atoms with Gasteiger partial charge in [-0.25, -0.2) is 0 Å². The van der Waals surface area contributed by atoms with Crippen LogP contribution in [0.1, 0.15) is 45.4 Å². The number of carbonyl (C=O) groups is 3. The number of nitrogens with one attached hydrogen (secondary N) is 2. The molecule has 3 fully saturated rings. The third kappa shape index (κ3) is 3.87.